The van der Waals surface area contributed by atoms with E-state index in [2.05, 4.69) is 28.8 Å². The monoisotopic (exact) mass is 341 g/mol. The van der Waals surface area contributed by atoms with Crippen molar-refractivity contribution >= 4 is 6.03 Å². The van der Waals surface area contributed by atoms with Crippen molar-refractivity contribution in [2.24, 2.45) is 5.92 Å². The summed E-state index contributed by atoms with van der Waals surface area (Å²) in [5.41, 5.74) is 0.532. The van der Waals surface area contributed by atoms with Gasteiger partial charge in [-0.05, 0) is 12.0 Å². The number of piperazine rings is 1. The molecule has 1 aliphatic rings. The van der Waals surface area contributed by atoms with Gasteiger partial charge in [0, 0.05) is 44.8 Å². The Morgan fingerprint density at radius 3 is 2.50 bits per heavy atom. The second-order valence-corrected chi connectivity index (χ2v) is 6.33. The molecule has 1 N–H and O–H groups in total. The largest absolute Gasteiger partial charge is 0.434 e. The van der Waals surface area contributed by atoms with E-state index in [9.17, 15) is 13.6 Å². The summed E-state index contributed by atoms with van der Waals surface area (Å²) < 4.78 is 29.3. The number of carbonyl (C=O) groups excluding carboxylic acids is 1. The fraction of sp³-hybridized carbons (Fsp3) is 0.588. The van der Waals surface area contributed by atoms with Gasteiger partial charge in [-0.3, -0.25) is 4.90 Å². The van der Waals surface area contributed by atoms with Gasteiger partial charge in [-0.15, -0.1) is 0 Å². The summed E-state index contributed by atoms with van der Waals surface area (Å²) in [6, 6.07) is 6.31. The van der Waals surface area contributed by atoms with Gasteiger partial charge in [0.05, 0.1) is 0 Å². The third-order valence-electron chi connectivity index (χ3n) is 3.90. The standard InChI is InChI=1S/C17H25F2N3O2/c1-13(2)12-21-7-9-22(10-8-21)17(23)20-11-14-5-3-4-6-15(14)24-16(18)19/h3-6,13,16H,7-12H2,1-2H3,(H,20,23). The van der Waals surface area contributed by atoms with E-state index in [1.165, 1.54) is 6.07 Å². The second-order valence-electron chi connectivity index (χ2n) is 6.33. The second kappa shape index (κ2) is 8.82. The molecule has 0 aliphatic carbocycles. The van der Waals surface area contributed by atoms with Crippen LogP contribution in [0.3, 0.4) is 0 Å². The normalized spacial score (nSPS) is 15.8. The topological polar surface area (TPSA) is 44.8 Å². The van der Waals surface area contributed by atoms with Crippen molar-refractivity contribution < 1.29 is 18.3 Å². The van der Waals surface area contributed by atoms with E-state index in [4.69, 9.17) is 0 Å². The predicted molar refractivity (Wildman–Crippen MR) is 88.2 cm³/mol. The van der Waals surface area contributed by atoms with E-state index in [0.717, 1.165) is 19.6 Å². The van der Waals surface area contributed by atoms with Crippen molar-refractivity contribution in [3.63, 3.8) is 0 Å². The highest BCUT2D eigenvalue weighted by Gasteiger charge is 2.21. The minimum Gasteiger partial charge on any atom is -0.434 e. The fourth-order valence-electron chi connectivity index (χ4n) is 2.79. The van der Waals surface area contributed by atoms with E-state index < -0.39 is 6.61 Å². The van der Waals surface area contributed by atoms with Crippen LogP contribution in [-0.2, 0) is 6.54 Å². The van der Waals surface area contributed by atoms with Crippen LogP contribution in [0, 0.1) is 5.92 Å². The first-order chi connectivity index (χ1) is 11.5. The Morgan fingerprint density at radius 1 is 1.21 bits per heavy atom. The zero-order chi connectivity index (χ0) is 17.5. The van der Waals surface area contributed by atoms with Crippen LogP contribution in [0.2, 0.25) is 0 Å². The van der Waals surface area contributed by atoms with Gasteiger partial charge >= 0.3 is 12.6 Å². The van der Waals surface area contributed by atoms with Gasteiger partial charge in [-0.1, -0.05) is 32.0 Å². The number of nitrogens with zero attached hydrogens (tertiary/aromatic N) is 2. The molecule has 5 nitrogen and oxygen atoms in total. The number of nitrogens with one attached hydrogen (secondary N) is 1. The Labute approximate surface area is 141 Å². The Kier molecular flexibility index (Phi) is 6.78. The molecule has 1 aliphatic heterocycles. The van der Waals surface area contributed by atoms with Gasteiger partial charge in [-0.25, -0.2) is 4.79 Å². The highest BCUT2D eigenvalue weighted by Crippen LogP contribution is 2.20. The lowest BCUT2D eigenvalue weighted by Crippen LogP contribution is -2.52. The van der Waals surface area contributed by atoms with Crippen molar-refractivity contribution in [2.45, 2.75) is 27.0 Å². The Morgan fingerprint density at radius 2 is 1.88 bits per heavy atom. The van der Waals surface area contributed by atoms with Crippen molar-refractivity contribution in [2.75, 3.05) is 32.7 Å². The maximum Gasteiger partial charge on any atom is 0.387 e. The number of ether oxygens (including phenoxy) is 1. The van der Waals surface area contributed by atoms with Gasteiger partial charge in [0.15, 0.2) is 0 Å². The SMILES string of the molecule is CC(C)CN1CCN(C(=O)NCc2ccccc2OC(F)F)CC1. The number of hydrogen-bond donors (Lipinski definition) is 1. The molecule has 1 saturated heterocycles. The number of alkyl halides is 2. The van der Waals surface area contributed by atoms with E-state index in [1.54, 1.807) is 23.1 Å². The number of amides is 2. The Bertz CT molecular complexity index is 532. The molecular weight excluding hydrogens is 316 g/mol. The van der Waals surface area contributed by atoms with Crippen molar-refractivity contribution in [1.29, 1.82) is 0 Å². The van der Waals surface area contributed by atoms with Gasteiger partial charge in [-0.2, -0.15) is 8.78 Å². The lowest BCUT2D eigenvalue weighted by molar-refractivity contribution is -0.0504. The highest BCUT2D eigenvalue weighted by molar-refractivity contribution is 5.74. The van der Waals surface area contributed by atoms with Crippen LogP contribution in [0.4, 0.5) is 13.6 Å². The molecule has 1 aromatic carbocycles. The Hall–Kier alpha value is -1.89. The lowest BCUT2D eigenvalue weighted by Gasteiger charge is -2.35. The number of halogens is 2. The number of benzene rings is 1. The number of urea groups is 1. The molecule has 1 heterocycles. The third-order valence-corrected chi connectivity index (χ3v) is 3.90. The van der Waals surface area contributed by atoms with Crippen LogP contribution >= 0.6 is 0 Å². The first-order valence-corrected chi connectivity index (χ1v) is 8.23. The summed E-state index contributed by atoms with van der Waals surface area (Å²) in [6.07, 6.45) is 0. The number of hydrogen-bond acceptors (Lipinski definition) is 3. The minimum atomic E-state index is -2.88. The first-order valence-electron chi connectivity index (χ1n) is 8.23. The molecule has 7 heteroatoms. The van der Waals surface area contributed by atoms with Gasteiger partial charge in [0.1, 0.15) is 5.75 Å². The summed E-state index contributed by atoms with van der Waals surface area (Å²) in [6.45, 7) is 5.74. The highest BCUT2D eigenvalue weighted by atomic mass is 19.3. The van der Waals surface area contributed by atoms with Crippen molar-refractivity contribution in [3.8, 4) is 5.75 Å². The molecule has 0 saturated carbocycles. The summed E-state index contributed by atoms with van der Waals surface area (Å²) >= 11 is 0. The van der Waals surface area contributed by atoms with E-state index in [1.807, 2.05) is 0 Å². The molecule has 0 bridgehead atoms. The van der Waals surface area contributed by atoms with Crippen LogP contribution in [0.1, 0.15) is 19.4 Å². The average molecular weight is 341 g/mol. The maximum absolute atomic E-state index is 12.4. The molecule has 24 heavy (non-hydrogen) atoms. The summed E-state index contributed by atoms with van der Waals surface area (Å²) in [4.78, 5) is 16.3. The zero-order valence-corrected chi connectivity index (χ0v) is 14.2. The van der Waals surface area contributed by atoms with Crippen LogP contribution in [0.25, 0.3) is 0 Å². The first kappa shape index (κ1) is 18.4. The summed E-state index contributed by atoms with van der Waals surface area (Å²) in [7, 11) is 0. The minimum absolute atomic E-state index is 0.0922. The predicted octanol–water partition coefficient (Wildman–Crippen LogP) is 2.77. The maximum atomic E-state index is 12.4. The van der Waals surface area contributed by atoms with Crippen LogP contribution in [-0.4, -0.2) is 55.2 Å². The third kappa shape index (κ3) is 5.63. The quantitative estimate of drug-likeness (QED) is 0.865. The van der Waals surface area contributed by atoms with Gasteiger partial charge in [0.2, 0.25) is 0 Å². The molecule has 2 rings (SSSR count). The Balaban J connectivity index is 1.82. The van der Waals surface area contributed by atoms with E-state index >= 15 is 0 Å². The number of carbonyl (C=O) groups is 1. The molecule has 0 unspecified atom stereocenters. The lowest BCUT2D eigenvalue weighted by atomic mass is 10.2. The smallest absolute Gasteiger partial charge is 0.387 e. The molecule has 0 radical (unpaired) electrons. The van der Waals surface area contributed by atoms with Crippen LogP contribution in [0.15, 0.2) is 24.3 Å². The molecule has 134 valence electrons. The van der Waals surface area contributed by atoms with E-state index in [-0.39, 0.29) is 18.3 Å². The fourth-order valence-corrected chi connectivity index (χ4v) is 2.79. The molecule has 0 atom stereocenters. The molecule has 1 fully saturated rings. The van der Waals surface area contributed by atoms with Gasteiger partial charge in [0.25, 0.3) is 0 Å². The molecular formula is C17H25F2N3O2. The van der Waals surface area contributed by atoms with Crippen molar-refractivity contribution in [3.05, 3.63) is 29.8 Å². The molecule has 2 amide bonds. The van der Waals surface area contributed by atoms with Gasteiger partial charge < -0.3 is 15.0 Å². The van der Waals surface area contributed by atoms with E-state index in [0.29, 0.717) is 24.6 Å². The van der Waals surface area contributed by atoms with Crippen LogP contribution < -0.4 is 10.1 Å². The number of para-hydroxylation sites is 1. The molecule has 0 aromatic heterocycles. The molecule has 0 spiro atoms. The summed E-state index contributed by atoms with van der Waals surface area (Å²) in [5.74, 6) is 0.700. The molecule has 1 aromatic rings. The average Bonchev–Trinajstić information content (AvgIpc) is 2.53. The van der Waals surface area contributed by atoms with Crippen LogP contribution in [0.5, 0.6) is 5.75 Å². The zero-order valence-electron chi connectivity index (χ0n) is 14.2. The number of rotatable bonds is 6. The van der Waals surface area contributed by atoms with Crippen molar-refractivity contribution in [1.82, 2.24) is 15.1 Å². The summed E-state index contributed by atoms with van der Waals surface area (Å²) in [5, 5.41) is 2.78.